The highest BCUT2D eigenvalue weighted by molar-refractivity contribution is 6.28. The van der Waals surface area contributed by atoms with Crippen LogP contribution in [0.4, 0.5) is 11.4 Å². The SMILES string of the molecule is COc1ccc(Nc2ccc3c4c(cc(=O)n3C)-c3ccccc3C(=O)c24)cc1C#N. The monoisotopic (exact) mass is 407 g/mol. The molecule has 0 amide bonds. The van der Waals surface area contributed by atoms with Gasteiger partial charge in [0.25, 0.3) is 5.56 Å². The van der Waals surface area contributed by atoms with Crippen LogP contribution in [0, 0.1) is 11.3 Å². The molecule has 0 saturated carbocycles. The maximum Gasteiger partial charge on any atom is 0.251 e. The van der Waals surface area contributed by atoms with Gasteiger partial charge in [-0.05, 0) is 41.5 Å². The Balaban J connectivity index is 1.78. The van der Waals surface area contributed by atoms with Gasteiger partial charge in [-0.15, -0.1) is 0 Å². The van der Waals surface area contributed by atoms with Crippen molar-refractivity contribution in [3.8, 4) is 22.9 Å². The lowest BCUT2D eigenvalue weighted by atomic mass is 9.83. The number of ether oxygens (including phenoxy) is 1. The molecule has 150 valence electrons. The van der Waals surface area contributed by atoms with Crippen molar-refractivity contribution in [3.63, 3.8) is 0 Å². The minimum atomic E-state index is -0.132. The largest absolute Gasteiger partial charge is 0.495 e. The summed E-state index contributed by atoms with van der Waals surface area (Å²) in [4.78, 5) is 26.1. The summed E-state index contributed by atoms with van der Waals surface area (Å²) < 4.78 is 6.76. The second-order valence-corrected chi connectivity index (χ2v) is 7.36. The molecule has 0 aliphatic heterocycles. The number of carbonyl (C=O) groups is 1. The Hall–Kier alpha value is -4.37. The van der Waals surface area contributed by atoms with Gasteiger partial charge in [-0.25, -0.2) is 0 Å². The van der Waals surface area contributed by atoms with Crippen molar-refractivity contribution >= 4 is 28.1 Å². The molecule has 0 saturated heterocycles. The third-order valence-electron chi connectivity index (χ3n) is 5.70. The zero-order valence-corrected chi connectivity index (χ0v) is 16.9. The van der Waals surface area contributed by atoms with E-state index in [-0.39, 0.29) is 11.3 Å². The number of ketones is 1. The molecule has 1 N–H and O–H groups in total. The molecule has 1 aliphatic carbocycles. The molecule has 5 rings (SSSR count). The number of rotatable bonds is 3. The molecule has 1 aliphatic rings. The summed E-state index contributed by atoms with van der Waals surface area (Å²) >= 11 is 0. The Morgan fingerprint density at radius 2 is 1.74 bits per heavy atom. The van der Waals surface area contributed by atoms with Gasteiger partial charge in [0.2, 0.25) is 0 Å². The van der Waals surface area contributed by atoms with Gasteiger partial charge in [0.05, 0.1) is 29.4 Å². The maximum absolute atomic E-state index is 13.5. The van der Waals surface area contributed by atoms with Crippen LogP contribution in [0.5, 0.6) is 5.75 Å². The van der Waals surface area contributed by atoms with E-state index in [4.69, 9.17) is 4.74 Å². The molecular weight excluding hydrogens is 390 g/mol. The molecule has 0 radical (unpaired) electrons. The molecular formula is C25H17N3O3. The van der Waals surface area contributed by atoms with Gasteiger partial charge in [0, 0.05) is 29.8 Å². The van der Waals surface area contributed by atoms with Gasteiger partial charge in [-0.1, -0.05) is 24.3 Å². The summed E-state index contributed by atoms with van der Waals surface area (Å²) in [6.07, 6.45) is 0. The molecule has 6 nitrogen and oxygen atoms in total. The molecule has 4 aromatic rings. The molecule has 1 heterocycles. The summed E-state index contributed by atoms with van der Waals surface area (Å²) in [6, 6.07) is 19.8. The summed E-state index contributed by atoms with van der Waals surface area (Å²) in [7, 11) is 3.21. The fraction of sp³-hybridized carbons (Fsp3) is 0.0800. The minimum Gasteiger partial charge on any atom is -0.495 e. The second kappa shape index (κ2) is 6.85. The van der Waals surface area contributed by atoms with Gasteiger partial charge in [0.1, 0.15) is 11.8 Å². The zero-order valence-electron chi connectivity index (χ0n) is 16.9. The summed E-state index contributed by atoms with van der Waals surface area (Å²) in [5, 5.41) is 13.4. The number of nitriles is 1. The quantitative estimate of drug-likeness (QED) is 0.480. The molecule has 1 aromatic heterocycles. The number of aromatic nitrogens is 1. The summed E-state index contributed by atoms with van der Waals surface area (Å²) in [5.74, 6) is 0.374. The van der Waals surface area contributed by atoms with E-state index < -0.39 is 0 Å². The molecule has 0 fully saturated rings. The first kappa shape index (κ1) is 18.6. The van der Waals surface area contributed by atoms with Crippen molar-refractivity contribution in [1.29, 1.82) is 5.26 Å². The van der Waals surface area contributed by atoms with Crippen LogP contribution in [0.25, 0.3) is 22.0 Å². The van der Waals surface area contributed by atoms with E-state index in [2.05, 4.69) is 11.4 Å². The molecule has 0 spiro atoms. The van der Waals surface area contributed by atoms with Crippen LogP contribution in [-0.4, -0.2) is 17.5 Å². The fourth-order valence-corrected chi connectivity index (χ4v) is 4.19. The predicted octanol–water partition coefficient (Wildman–Crippen LogP) is 4.37. The van der Waals surface area contributed by atoms with Crippen LogP contribution in [0.1, 0.15) is 21.5 Å². The smallest absolute Gasteiger partial charge is 0.251 e. The minimum absolute atomic E-state index is 0.108. The number of benzene rings is 3. The lowest BCUT2D eigenvalue weighted by Gasteiger charge is -2.23. The van der Waals surface area contributed by atoms with Gasteiger partial charge < -0.3 is 14.6 Å². The van der Waals surface area contributed by atoms with E-state index in [1.54, 1.807) is 48.0 Å². The van der Waals surface area contributed by atoms with E-state index in [0.29, 0.717) is 39.3 Å². The first-order valence-corrected chi connectivity index (χ1v) is 9.69. The number of anilines is 2. The predicted molar refractivity (Wildman–Crippen MR) is 119 cm³/mol. The highest BCUT2D eigenvalue weighted by Gasteiger charge is 2.29. The number of hydrogen-bond acceptors (Lipinski definition) is 5. The number of fused-ring (bicyclic) bond motifs is 2. The van der Waals surface area contributed by atoms with Crippen molar-refractivity contribution in [2.75, 3.05) is 12.4 Å². The Bertz CT molecular complexity index is 1510. The van der Waals surface area contributed by atoms with Crippen LogP contribution in [0.15, 0.2) is 65.5 Å². The van der Waals surface area contributed by atoms with Crippen molar-refractivity contribution in [3.05, 3.63) is 87.7 Å². The number of hydrogen-bond donors (Lipinski definition) is 1. The zero-order chi connectivity index (χ0) is 21.7. The first-order valence-electron chi connectivity index (χ1n) is 9.69. The number of carbonyl (C=O) groups excluding carboxylic acids is 1. The topological polar surface area (TPSA) is 84.1 Å². The van der Waals surface area contributed by atoms with Crippen LogP contribution < -0.4 is 15.6 Å². The fourth-order valence-electron chi connectivity index (χ4n) is 4.19. The van der Waals surface area contributed by atoms with Crippen LogP contribution in [0.3, 0.4) is 0 Å². The summed E-state index contributed by atoms with van der Waals surface area (Å²) in [6.45, 7) is 0. The lowest BCUT2D eigenvalue weighted by Crippen LogP contribution is -2.21. The third kappa shape index (κ3) is 2.71. The van der Waals surface area contributed by atoms with Crippen molar-refractivity contribution < 1.29 is 9.53 Å². The maximum atomic E-state index is 13.5. The summed E-state index contributed by atoms with van der Waals surface area (Å²) in [5.41, 5.74) is 4.80. The number of methoxy groups -OCH3 is 1. The van der Waals surface area contributed by atoms with E-state index in [9.17, 15) is 14.9 Å². The van der Waals surface area contributed by atoms with E-state index in [0.717, 1.165) is 16.5 Å². The van der Waals surface area contributed by atoms with Crippen molar-refractivity contribution in [2.45, 2.75) is 0 Å². The van der Waals surface area contributed by atoms with Crippen LogP contribution >= 0.6 is 0 Å². The molecule has 31 heavy (non-hydrogen) atoms. The molecule has 0 bridgehead atoms. The van der Waals surface area contributed by atoms with Crippen molar-refractivity contribution in [2.24, 2.45) is 7.05 Å². The number of aryl methyl sites for hydroxylation is 1. The highest BCUT2D eigenvalue weighted by Crippen LogP contribution is 2.42. The van der Waals surface area contributed by atoms with Gasteiger partial charge in [-0.3, -0.25) is 9.59 Å². The number of nitrogens with zero attached hydrogens (tertiary/aromatic N) is 2. The Morgan fingerprint density at radius 3 is 2.48 bits per heavy atom. The second-order valence-electron chi connectivity index (χ2n) is 7.36. The Labute approximate surface area is 177 Å². The van der Waals surface area contributed by atoms with Crippen LogP contribution in [-0.2, 0) is 7.05 Å². The molecule has 0 atom stereocenters. The number of pyridine rings is 1. The average molecular weight is 407 g/mol. The van der Waals surface area contributed by atoms with Crippen LogP contribution in [0.2, 0.25) is 0 Å². The molecule has 3 aromatic carbocycles. The standard InChI is InChI=1S/C25H17N3O3/c1-28-20-9-8-19(27-15-7-10-21(31-2)14(11-15)13-26)24-23(20)18(12-22(28)29)16-5-3-4-6-17(16)25(24)30/h3-12,27H,1-2H3. The third-order valence-corrected chi connectivity index (χ3v) is 5.70. The molecule has 6 heteroatoms. The average Bonchev–Trinajstić information content (AvgIpc) is 2.80. The van der Waals surface area contributed by atoms with E-state index in [1.165, 1.54) is 7.11 Å². The number of nitrogens with one attached hydrogen (secondary N) is 1. The van der Waals surface area contributed by atoms with Gasteiger partial charge >= 0.3 is 0 Å². The Kier molecular flexibility index (Phi) is 4.12. The Morgan fingerprint density at radius 1 is 0.968 bits per heavy atom. The van der Waals surface area contributed by atoms with Crippen molar-refractivity contribution in [1.82, 2.24) is 4.57 Å². The van der Waals surface area contributed by atoms with Gasteiger partial charge in [-0.2, -0.15) is 5.26 Å². The molecule has 0 unspecified atom stereocenters. The van der Waals surface area contributed by atoms with Gasteiger partial charge in [0.15, 0.2) is 5.78 Å². The van der Waals surface area contributed by atoms with E-state index >= 15 is 0 Å². The van der Waals surface area contributed by atoms with E-state index in [1.807, 2.05) is 24.3 Å². The highest BCUT2D eigenvalue weighted by atomic mass is 16.5. The normalized spacial score (nSPS) is 11.7. The first-order chi connectivity index (χ1) is 15.0. The lowest BCUT2D eigenvalue weighted by molar-refractivity contribution is 0.104.